The van der Waals surface area contributed by atoms with Crippen LogP contribution >= 0.6 is 0 Å². The number of likely N-dealkylation sites (tertiary alicyclic amines) is 4. The summed E-state index contributed by atoms with van der Waals surface area (Å²) in [6, 6.07) is 2.33. The fourth-order valence-corrected chi connectivity index (χ4v) is 9.21. The molecule has 1 aliphatic carbocycles. The molecule has 0 amide bonds. The lowest BCUT2D eigenvalue weighted by Crippen LogP contribution is -2.48. The Balaban J connectivity index is 0.000000263. The average Bonchev–Trinajstić information content (AvgIpc) is 3.64. The summed E-state index contributed by atoms with van der Waals surface area (Å²) in [6.07, 6.45) is 8.17. The Kier molecular flexibility index (Phi) is 19.6. The van der Waals surface area contributed by atoms with Gasteiger partial charge < -0.3 is 20.4 Å². The normalized spacial score (nSPS) is 26.9. The Labute approximate surface area is 358 Å². The highest BCUT2D eigenvalue weighted by Crippen LogP contribution is 2.34. The lowest BCUT2D eigenvalue weighted by Gasteiger charge is -2.39. The van der Waals surface area contributed by atoms with E-state index in [1.807, 2.05) is 0 Å². The molecule has 1 saturated carbocycles. The van der Waals surface area contributed by atoms with Crippen LogP contribution in [0.25, 0.3) is 0 Å². The first-order valence-corrected chi connectivity index (χ1v) is 23.7. The quantitative estimate of drug-likeness (QED) is 0.241. The van der Waals surface area contributed by atoms with Crippen LogP contribution in [0.1, 0.15) is 163 Å². The van der Waals surface area contributed by atoms with Crippen molar-refractivity contribution in [1.29, 1.82) is 0 Å². The van der Waals surface area contributed by atoms with Crippen molar-refractivity contribution >= 4 is 0 Å². The predicted octanol–water partition coefficient (Wildman–Crippen LogP) is 8.61. The SMILES string of the molecule is CC(NC1CC1)C1CCN(C(C)(C)C)C1.CCNC(C)(C)C1CCN(C(C)(C)C)C1.CN(C)C(C)(C)C1CCN(C(C)(C)C)C1.CN(C)C1CCN(C(C)(C)C)C1. The molecular weight excluding hydrogens is 701 g/mol. The molecule has 2 N–H and O–H groups in total. The Bertz CT molecular complexity index is 1130. The van der Waals surface area contributed by atoms with Crippen molar-refractivity contribution in [1.82, 2.24) is 40.0 Å². The van der Waals surface area contributed by atoms with Gasteiger partial charge in [0.15, 0.2) is 0 Å². The van der Waals surface area contributed by atoms with Crippen LogP contribution in [0.15, 0.2) is 0 Å². The van der Waals surface area contributed by atoms with Crippen LogP contribution in [-0.2, 0) is 0 Å². The summed E-state index contributed by atoms with van der Waals surface area (Å²) in [5.74, 6) is 2.45. The standard InChI is InChI=1S/C13H26N2.2C13H28N2.C10H22N2/c1-10(14-12-5-6-12)11-7-8-15(9-11)13(2,3)4;1-12(2,3)15-9-8-11(10-15)13(4,5)14(6)7;1-7-14-13(5,6)11-8-9-15(10-11)12(2,3)4;1-10(2,3)12-7-6-9(8-12)11(4)5/h10-12,14H,5-9H2,1-4H3;11H,8-10H2,1-7H3;11,14H,7-10H2,1-6H3;9H,6-8H2,1-5H3. The van der Waals surface area contributed by atoms with Gasteiger partial charge in [0.2, 0.25) is 0 Å². The van der Waals surface area contributed by atoms with Gasteiger partial charge in [0.05, 0.1) is 0 Å². The summed E-state index contributed by atoms with van der Waals surface area (Å²) >= 11 is 0. The van der Waals surface area contributed by atoms with Crippen molar-refractivity contribution in [2.75, 3.05) is 87.1 Å². The Morgan fingerprint density at radius 3 is 1.28 bits per heavy atom. The van der Waals surface area contributed by atoms with Crippen LogP contribution in [0.2, 0.25) is 0 Å². The molecule has 4 heterocycles. The highest BCUT2D eigenvalue weighted by Gasteiger charge is 2.40. The molecule has 5 fully saturated rings. The third-order valence-electron chi connectivity index (χ3n) is 14.9. The number of likely N-dealkylation sites (N-methyl/N-ethyl adjacent to an activating group) is 1. The monoisotopic (exact) mass is 805 g/mol. The second-order valence-electron chi connectivity index (χ2n) is 24.4. The first kappa shape index (κ1) is 52.8. The molecule has 8 heteroatoms. The minimum absolute atomic E-state index is 0.286. The second-order valence-corrected chi connectivity index (χ2v) is 24.4. The van der Waals surface area contributed by atoms with Crippen LogP contribution < -0.4 is 10.6 Å². The van der Waals surface area contributed by atoms with E-state index in [0.29, 0.717) is 33.7 Å². The molecular formula is C49H104N8. The molecule has 0 spiro atoms. The Morgan fingerprint density at radius 1 is 0.526 bits per heavy atom. The fourth-order valence-electron chi connectivity index (χ4n) is 9.21. The van der Waals surface area contributed by atoms with Gasteiger partial charge in [0, 0.05) is 84.1 Å². The smallest absolute Gasteiger partial charge is 0.0229 e. The highest BCUT2D eigenvalue weighted by molar-refractivity contribution is 4.97. The number of hydrogen-bond donors (Lipinski definition) is 2. The van der Waals surface area contributed by atoms with Crippen LogP contribution in [-0.4, -0.2) is 168 Å². The van der Waals surface area contributed by atoms with Gasteiger partial charge in [-0.05, 0) is 228 Å². The largest absolute Gasteiger partial charge is 0.312 e. The zero-order valence-electron chi connectivity index (χ0n) is 42.8. The van der Waals surface area contributed by atoms with Gasteiger partial charge in [-0.15, -0.1) is 0 Å². The topological polar surface area (TPSA) is 43.5 Å². The first-order chi connectivity index (χ1) is 25.8. The maximum absolute atomic E-state index is 3.74. The lowest BCUT2D eigenvalue weighted by molar-refractivity contribution is 0.101. The molecule has 0 radical (unpaired) electrons. The van der Waals surface area contributed by atoms with E-state index < -0.39 is 0 Å². The second kappa shape index (κ2) is 21.2. The molecule has 0 aromatic carbocycles. The maximum atomic E-state index is 3.74. The van der Waals surface area contributed by atoms with Gasteiger partial charge in [-0.25, -0.2) is 0 Å². The summed E-state index contributed by atoms with van der Waals surface area (Å²) in [6.45, 7) is 52.9. The van der Waals surface area contributed by atoms with E-state index in [4.69, 9.17) is 0 Å². The third kappa shape index (κ3) is 17.2. The van der Waals surface area contributed by atoms with E-state index in [-0.39, 0.29) is 5.54 Å². The van der Waals surface area contributed by atoms with Gasteiger partial charge in [0.25, 0.3) is 0 Å². The first-order valence-electron chi connectivity index (χ1n) is 23.7. The fraction of sp³-hybridized carbons (Fsp3) is 1.00. The van der Waals surface area contributed by atoms with Gasteiger partial charge in [0.1, 0.15) is 0 Å². The summed E-state index contributed by atoms with van der Waals surface area (Å²) in [5.41, 5.74) is 1.97. The molecule has 57 heavy (non-hydrogen) atoms. The zero-order valence-corrected chi connectivity index (χ0v) is 42.8. The van der Waals surface area contributed by atoms with Crippen LogP contribution in [0, 0.1) is 17.8 Å². The van der Waals surface area contributed by atoms with E-state index in [1.54, 1.807) is 0 Å². The zero-order chi connectivity index (χ0) is 43.9. The molecule has 340 valence electrons. The molecule has 5 aliphatic rings. The van der Waals surface area contributed by atoms with E-state index in [9.17, 15) is 0 Å². The van der Waals surface area contributed by atoms with Crippen LogP contribution in [0.5, 0.6) is 0 Å². The molecule has 0 aromatic rings. The number of nitrogens with one attached hydrogen (secondary N) is 2. The molecule has 5 rings (SSSR count). The summed E-state index contributed by atoms with van der Waals surface area (Å²) in [5, 5.41) is 7.35. The predicted molar refractivity (Wildman–Crippen MR) is 253 cm³/mol. The number of hydrogen-bond acceptors (Lipinski definition) is 8. The lowest BCUT2D eigenvalue weighted by atomic mass is 9.85. The molecule has 5 unspecified atom stereocenters. The Hall–Kier alpha value is -0.320. The highest BCUT2D eigenvalue weighted by atomic mass is 15.3. The molecule has 0 aromatic heterocycles. The van der Waals surface area contributed by atoms with Crippen molar-refractivity contribution < 1.29 is 0 Å². The molecule has 4 aliphatic heterocycles. The number of rotatable bonds is 9. The number of nitrogens with zero attached hydrogens (tertiary/aromatic N) is 6. The van der Waals surface area contributed by atoms with Crippen molar-refractivity contribution in [3.05, 3.63) is 0 Å². The van der Waals surface area contributed by atoms with Gasteiger partial charge in [-0.2, -0.15) is 0 Å². The minimum Gasteiger partial charge on any atom is -0.312 e. The van der Waals surface area contributed by atoms with E-state index in [0.717, 1.165) is 36.4 Å². The molecule has 8 nitrogen and oxygen atoms in total. The summed E-state index contributed by atoms with van der Waals surface area (Å²) in [7, 11) is 8.74. The summed E-state index contributed by atoms with van der Waals surface area (Å²) < 4.78 is 0. The van der Waals surface area contributed by atoms with Gasteiger partial charge in [-0.1, -0.05) is 6.92 Å². The van der Waals surface area contributed by atoms with Gasteiger partial charge >= 0.3 is 0 Å². The molecule has 0 bridgehead atoms. The van der Waals surface area contributed by atoms with E-state index in [1.165, 1.54) is 90.9 Å². The van der Waals surface area contributed by atoms with Crippen molar-refractivity contribution in [3.63, 3.8) is 0 Å². The third-order valence-corrected chi connectivity index (χ3v) is 14.9. The van der Waals surface area contributed by atoms with Crippen LogP contribution in [0.3, 0.4) is 0 Å². The van der Waals surface area contributed by atoms with E-state index >= 15 is 0 Å². The van der Waals surface area contributed by atoms with Crippen molar-refractivity contribution in [3.8, 4) is 0 Å². The average molecular weight is 805 g/mol. The molecule has 5 atom stereocenters. The summed E-state index contributed by atoms with van der Waals surface area (Å²) in [4.78, 5) is 15.1. The minimum atomic E-state index is 0.286. The van der Waals surface area contributed by atoms with Gasteiger partial charge in [-0.3, -0.25) is 19.6 Å². The molecule has 4 saturated heterocycles. The van der Waals surface area contributed by atoms with Crippen molar-refractivity contribution in [2.24, 2.45) is 17.8 Å². The Morgan fingerprint density at radius 2 is 0.930 bits per heavy atom. The van der Waals surface area contributed by atoms with Crippen molar-refractivity contribution in [2.45, 2.75) is 215 Å². The van der Waals surface area contributed by atoms with E-state index in [2.05, 4.69) is 193 Å². The maximum Gasteiger partial charge on any atom is 0.0229 e. The van der Waals surface area contributed by atoms with Crippen LogP contribution in [0.4, 0.5) is 0 Å².